The van der Waals surface area contributed by atoms with E-state index in [9.17, 15) is 4.79 Å². The van der Waals surface area contributed by atoms with Gasteiger partial charge in [-0.15, -0.1) is 24.0 Å². The molecule has 1 aromatic carbocycles. The summed E-state index contributed by atoms with van der Waals surface area (Å²) >= 11 is 6.03. The number of piperazine rings is 1. The van der Waals surface area contributed by atoms with Gasteiger partial charge < -0.3 is 25.2 Å². The zero-order valence-corrected chi connectivity index (χ0v) is 22.0. The molecule has 1 aliphatic heterocycles. The molecule has 31 heavy (non-hydrogen) atoms. The zero-order chi connectivity index (χ0) is 21.9. The van der Waals surface area contributed by atoms with Crippen molar-refractivity contribution in [3.63, 3.8) is 0 Å². The molecule has 1 heterocycles. The van der Waals surface area contributed by atoms with Crippen molar-refractivity contribution in [2.45, 2.75) is 6.04 Å². The van der Waals surface area contributed by atoms with Gasteiger partial charge in [0.25, 0.3) is 0 Å². The van der Waals surface area contributed by atoms with Gasteiger partial charge in [-0.25, -0.2) is 0 Å². The largest absolute Gasteiger partial charge is 0.383 e. The number of rotatable bonds is 9. The molecule has 8 nitrogen and oxygen atoms in total. The number of ether oxygens (including phenoxy) is 1. The lowest BCUT2D eigenvalue weighted by Crippen LogP contribution is -2.54. The van der Waals surface area contributed by atoms with E-state index >= 15 is 0 Å². The quantitative estimate of drug-likeness (QED) is 0.204. The van der Waals surface area contributed by atoms with Gasteiger partial charge in [0.15, 0.2) is 5.96 Å². The standard InChI is InChI=1S/C21H35ClN6O2.HI/c1-23-21(25-15-19(26(2)3)17-5-7-18(22)8-6-17)28-12-10-27(11-13-28)16-20(29)24-9-14-30-4;/h5-8,19H,9-16H2,1-4H3,(H,23,25)(H,24,29);1H. The Bertz CT molecular complexity index is 681. The van der Waals surface area contributed by atoms with Crippen LogP contribution < -0.4 is 10.6 Å². The Morgan fingerprint density at radius 3 is 2.39 bits per heavy atom. The number of benzene rings is 1. The van der Waals surface area contributed by atoms with Gasteiger partial charge in [0, 0.05) is 58.4 Å². The van der Waals surface area contributed by atoms with Gasteiger partial charge in [-0.3, -0.25) is 14.7 Å². The van der Waals surface area contributed by atoms with Gasteiger partial charge in [-0.1, -0.05) is 23.7 Å². The van der Waals surface area contributed by atoms with Crippen molar-refractivity contribution in [2.24, 2.45) is 4.99 Å². The lowest BCUT2D eigenvalue weighted by molar-refractivity contribution is -0.122. The maximum absolute atomic E-state index is 12.0. The Morgan fingerprint density at radius 2 is 1.84 bits per heavy atom. The van der Waals surface area contributed by atoms with Crippen LogP contribution in [0.15, 0.2) is 29.3 Å². The molecule has 176 valence electrons. The summed E-state index contributed by atoms with van der Waals surface area (Å²) < 4.78 is 4.96. The second-order valence-corrected chi connectivity index (χ2v) is 8.00. The fourth-order valence-electron chi connectivity index (χ4n) is 3.47. The monoisotopic (exact) mass is 566 g/mol. The number of methoxy groups -OCH3 is 1. The number of nitrogens with one attached hydrogen (secondary N) is 2. The summed E-state index contributed by atoms with van der Waals surface area (Å²) in [7, 11) is 7.58. The molecule has 2 N–H and O–H groups in total. The lowest BCUT2D eigenvalue weighted by Gasteiger charge is -2.37. The average Bonchev–Trinajstić information content (AvgIpc) is 2.73. The summed E-state index contributed by atoms with van der Waals surface area (Å²) in [5.41, 5.74) is 1.21. The summed E-state index contributed by atoms with van der Waals surface area (Å²) in [6, 6.07) is 8.18. The van der Waals surface area contributed by atoms with E-state index in [2.05, 4.69) is 56.6 Å². The molecule has 1 aliphatic rings. The highest BCUT2D eigenvalue weighted by Crippen LogP contribution is 2.20. The third-order valence-corrected chi connectivity index (χ3v) is 5.46. The molecule has 0 saturated carbocycles. The number of guanidine groups is 1. The number of hydrogen-bond donors (Lipinski definition) is 2. The third kappa shape index (κ3) is 9.48. The molecular formula is C21H36ClIN6O2. The maximum atomic E-state index is 12.0. The van der Waals surface area contributed by atoms with Crippen molar-refractivity contribution in [1.82, 2.24) is 25.3 Å². The summed E-state index contributed by atoms with van der Waals surface area (Å²) in [6.07, 6.45) is 0. The van der Waals surface area contributed by atoms with E-state index in [1.54, 1.807) is 7.11 Å². The van der Waals surface area contributed by atoms with Gasteiger partial charge in [-0.2, -0.15) is 0 Å². The van der Waals surface area contributed by atoms with Crippen LogP contribution in [-0.4, -0.2) is 107 Å². The van der Waals surface area contributed by atoms with E-state index in [1.165, 1.54) is 5.56 Å². The minimum absolute atomic E-state index is 0. The molecular weight excluding hydrogens is 531 g/mol. The number of halogens is 2. The van der Waals surface area contributed by atoms with Crippen LogP contribution in [0.3, 0.4) is 0 Å². The molecule has 0 bridgehead atoms. The molecule has 0 aliphatic carbocycles. The predicted molar refractivity (Wildman–Crippen MR) is 138 cm³/mol. The number of nitrogens with zero attached hydrogens (tertiary/aromatic N) is 4. The minimum atomic E-state index is 0. The molecule has 1 aromatic rings. The second kappa shape index (κ2) is 14.8. The number of carbonyl (C=O) groups excluding carboxylic acids is 1. The van der Waals surface area contributed by atoms with Crippen LogP contribution in [-0.2, 0) is 9.53 Å². The van der Waals surface area contributed by atoms with E-state index < -0.39 is 0 Å². The van der Waals surface area contributed by atoms with Crippen molar-refractivity contribution in [2.75, 3.05) is 80.7 Å². The van der Waals surface area contributed by atoms with Crippen molar-refractivity contribution < 1.29 is 9.53 Å². The number of aliphatic imine (C=N–C) groups is 1. The number of hydrogen-bond acceptors (Lipinski definition) is 5. The highest BCUT2D eigenvalue weighted by molar-refractivity contribution is 14.0. The van der Waals surface area contributed by atoms with E-state index in [1.807, 2.05) is 19.2 Å². The molecule has 1 atom stereocenters. The SMILES string of the molecule is CN=C(NCC(c1ccc(Cl)cc1)N(C)C)N1CCN(CC(=O)NCCOC)CC1.I. The third-order valence-electron chi connectivity index (χ3n) is 5.21. The maximum Gasteiger partial charge on any atom is 0.234 e. The fourth-order valence-corrected chi connectivity index (χ4v) is 3.60. The van der Waals surface area contributed by atoms with Crippen LogP contribution in [0.1, 0.15) is 11.6 Å². The normalized spacial score (nSPS) is 16.1. The number of amides is 1. The van der Waals surface area contributed by atoms with Gasteiger partial charge in [0.1, 0.15) is 0 Å². The van der Waals surface area contributed by atoms with Crippen LogP contribution in [0.4, 0.5) is 0 Å². The van der Waals surface area contributed by atoms with Crippen LogP contribution >= 0.6 is 35.6 Å². The molecule has 1 unspecified atom stereocenters. The highest BCUT2D eigenvalue weighted by Gasteiger charge is 2.22. The van der Waals surface area contributed by atoms with Crippen LogP contribution in [0, 0.1) is 0 Å². The smallest absolute Gasteiger partial charge is 0.234 e. The van der Waals surface area contributed by atoms with Crippen LogP contribution in [0.2, 0.25) is 5.02 Å². The predicted octanol–water partition coefficient (Wildman–Crippen LogP) is 1.52. The molecule has 1 fully saturated rings. The summed E-state index contributed by atoms with van der Waals surface area (Å²) in [6.45, 7) is 5.56. The van der Waals surface area contributed by atoms with Crippen molar-refractivity contribution in [3.05, 3.63) is 34.9 Å². The van der Waals surface area contributed by atoms with Crippen LogP contribution in [0.5, 0.6) is 0 Å². The van der Waals surface area contributed by atoms with Gasteiger partial charge in [0.05, 0.1) is 19.2 Å². The highest BCUT2D eigenvalue weighted by atomic mass is 127. The Balaban J connectivity index is 0.00000480. The fraction of sp³-hybridized carbons (Fsp3) is 0.619. The first-order valence-electron chi connectivity index (χ1n) is 10.3. The lowest BCUT2D eigenvalue weighted by atomic mass is 10.1. The first-order chi connectivity index (χ1) is 14.4. The molecule has 0 aromatic heterocycles. The molecule has 1 saturated heterocycles. The molecule has 10 heteroatoms. The number of carbonyl (C=O) groups is 1. The van der Waals surface area contributed by atoms with Gasteiger partial charge in [0.2, 0.25) is 5.91 Å². The van der Waals surface area contributed by atoms with Crippen molar-refractivity contribution in [3.8, 4) is 0 Å². The minimum Gasteiger partial charge on any atom is -0.383 e. The Kier molecular flexibility index (Phi) is 13.3. The Labute approximate surface area is 208 Å². The first kappa shape index (κ1) is 27.9. The topological polar surface area (TPSA) is 72.4 Å². The molecule has 0 spiro atoms. The van der Waals surface area contributed by atoms with Crippen molar-refractivity contribution >= 4 is 47.4 Å². The van der Waals surface area contributed by atoms with E-state index in [0.29, 0.717) is 19.7 Å². The first-order valence-corrected chi connectivity index (χ1v) is 10.7. The summed E-state index contributed by atoms with van der Waals surface area (Å²) in [5.74, 6) is 0.930. The van der Waals surface area contributed by atoms with E-state index in [-0.39, 0.29) is 35.9 Å². The molecule has 2 rings (SSSR count). The van der Waals surface area contributed by atoms with E-state index in [0.717, 1.165) is 43.7 Å². The zero-order valence-electron chi connectivity index (χ0n) is 18.9. The van der Waals surface area contributed by atoms with Gasteiger partial charge >= 0.3 is 0 Å². The average molecular weight is 567 g/mol. The Hall–Kier alpha value is -1.14. The van der Waals surface area contributed by atoms with Gasteiger partial charge in [-0.05, 0) is 31.8 Å². The summed E-state index contributed by atoms with van der Waals surface area (Å²) in [5, 5.41) is 7.12. The summed E-state index contributed by atoms with van der Waals surface area (Å²) in [4.78, 5) is 23.0. The van der Waals surface area contributed by atoms with Crippen molar-refractivity contribution in [1.29, 1.82) is 0 Å². The second-order valence-electron chi connectivity index (χ2n) is 7.57. The number of likely N-dealkylation sites (N-methyl/N-ethyl adjacent to an activating group) is 1. The van der Waals surface area contributed by atoms with Crippen LogP contribution in [0.25, 0.3) is 0 Å². The Morgan fingerprint density at radius 1 is 1.19 bits per heavy atom. The van der Waals surface area contributed by atoms with E-state index in [4.69, 9.17) is 16.3 Å². The molecule has 0 radical (unpaired) electrons. The molecule has 1 amide bonds.